The van der Waals surface area contributed by atoms with Gasteiger partial charge >= 0.3 is 0 Å². The Morgan fingerprint density at radius 3 is 2.00 bits per heavy atom. The summed E-state index contributed by atoms with van der Waals surface area (Å²) in [4.78, 5) is 10.2. The zero-order valence-corrected chi connectivity index (χ0v) is 25.5. The van der Waals surface area contributed by atoms with Gasteiger partial charge in [0.25, 0.3) is 0 Å². The quantitative estimate of drug-likeness (QED) is 0.188. The molecular formula is C42H25N3S. The van der Waals surface area contributed by atoms with Crippen molar-refractivity contribution < 1.29 is 0 Å². The number of pyridine rings is 1. The minimum absolute atomic E-state index is 0.728. The van der Waals surface area contributed by atoms with E-state index in [-0.39, 0.29) is 0 Å². The van der Waals surface area contributed by atoms with Crippen molar-refractivity contribution in [3.63, 3.8) is 0 Å². The first-order chi connectivity index (χ1) is 22.8. The standard InChI is InChI=1S/C42H25N3S/c1-2-11-26(12-3-1)40-32-17-6-8-19-35(32)43-42(44-40)29-14-10-13-27(23-29)28-21-22-36-34(24-28)30-15-4-5-16-31(30)37-25-39-41(45(36)37)33-18-7-9-20-38(33)46-39/h1-25H. The molecule has 0 aliphatic carbocycles. The van der Waals surface area contributed by atoms with Crippen LogP contribution in [0.5, 0.6) is 0 Å². The third-order valence-electron chi connectivity index (χ3n) is 9.16. The van der Waals surface area contributed by atoms with E-state index < -0.39 is 0 Å². The molecular weight excluding hydrogens is 579 g/mol. The van der Waals surface area contributed by atoms with Gasteiger partial charge in [0.2, 0.25) is 0 Å². The molecule has 0 N–H and O–H groups in total. The van der Waals surface area contributed by atoms with Gasteiger partial charge in [0.05, 0.1) is 32.5 Å². The molecule has 0 unspecified atom stereocenters. The highest BCUT2D eigenvalue weighted by molar-refractivity contribution is 7.25. The number of thiophene rings is 1. The minimum atomic E-state index is 0.728. The monoisotopic (exact) mass is 603 g/mol. The fraction of sp³-hybridized carbons (Fsp3) is 0. The molecule has 10 rings (SSSR count). The highest BCUT2D eigenvalue weighted by Gasteiger charge is 2.17. The molecule has 3 nitrogen and oxygen atoms in total. The molecule has 0 atom stereocenters. The molecule has 0 aliphatic heterocycles. The molecule has 4 heterocycles. The van der Waals surface area contributed by atoms with Gasteiger partial charge in [-0.2, -0.15) is 0 Å². The third-order valence-corrected chi connectivity index (χ3v) is 10.3. The Morgan fingerprint density at radius 1 is 0.413 bits per heavy atom. The van der Waals surface area contributed by atoms with Gasteiger partial charge in [-0.15, -0.1) is 11.3 Å². The number of benzene rings is 6. The number of para-hydroxylation sites is 1. The van der Waals surface area contributed by atoms with Gasteiger partial charge < -0.3 is 4.40 Å². The van der Waals surface area contributed by atoms with Gasteiger partial charge in [-0.25, -0.2) is 9.97 Å². The maximum absolute atomic E-state index is 5.13. The summed E-state index contributed by atoms with van der Waals surface area (Å²) < 4.78 is 5.11. The first kappa shape index (κ1) is 25.5. The molecule has 0 amide bonds. The maximum atomic E-state index is 5.13. The van der Waals surface area contributed by atoms with Crippen LogP contribution in [0.3, 0.4) is 0 Å². The number of rotatable bonds is 3. The summed E-state index contributed by atoms with van der Waals surface area (Å²) in [7, 11) is 0. The first-order valence-corrected chi connectivity index (χ1v) is 16.3. The van der Waals surface area contributed by atoms with Gasteiger partial charge in [-0.1, -0.05) is 115 Å². The van der Waals surface area contributed by atoms with E-state index in [9.17, 15) is 0 Å². The Hall–Kier alpha value is -5.84. The van der Waals surface area contributed by atoms with Crippen LogP contribution in [0.2, 0.25) is 0 Å². The van der Waals surface area contributed by atoms with Crippen LogP contribution in [-0.4, -0.2) is 14.4 Å². The van der Waals surface area contributed by atoms with Crippen LogP contribution in [0.1, 0.15) is 0 Å². The third kappa shape index (κ3) is 3.77. The summed E-state index contributed by atoms with van der Waals surface area (Å²) in [5, 5.41) is 6.14. The zero-order valence-electron chi connectivity index (χ0n) is 24.7. The van der Waals surface area contributed by atoms with Crippen molar-refractivity contribution in [1.82, 2.24) is 14.4 Å². The molecule has 4 aromatic heterocycles. The van der Waals surface area contributed by atoms with E-state index in [0.717, 1.165) is 39.1 Å². The van der Waals surface area contributed by atoms with Crippen LogP contribution >= 0.6 is 11.3 Å². The molecule has 0 bridgehead atoms. The summed E-state index contributed by atoms with van der Waals surface area (Å²) in [6.45, 7) is 0. The molecule has 0 saturated heterocycles. The lowest BCUT2D eigenvalue weighted by molar-refractivity contribution is 1.23. The second kappa shape index (κ2) is 9.83. The van der Waals surface area contributed by atoms with Gasteiger partial charge in [-0.3, -0.25) is 0 Å². The van der Waals surface area contributed by atoms with E-state index in [1.54, 1.807) is 0 Å². The SMILES string of the molecule is c1ccc(-c2nc(-c3cccc(-c4ccc5c(c4)c4ccccc4c4cc6sc7ccccc7c6n54)c3)nc3ccccc23)cc1. The Kier molecular flexibility index (Phi) is 5.45. The summed E-state index contributed by atoms with van der Waals surface area (Å²) in [5.74, 6) is 0.728. The largest absolute Gasteiger partial charge is 0.307 e. The lowest BCUT2D eigenvalue weighted by atomic mass is 9.98. The predicted octanol–water partition coefficient (Wildman–Crippen LogP) is 11.6. The average molecular weight is 604 g/mol. The van der Waals surface area contributed by atoms with Crippen molar-refractivity contribution in [3.8, 4) is 33.8 Å². The fourth-order valence-electron chi connectivity index (χ4n) is 7.06. The van der Waals surface area contributed by atoms with Crippen LogP contribution in [-0.2, 0) is 0 Å². The van der Waals surface area contributed by atoms with Crippen molar-refractivity contribution in [2.45, 2.75) is 0 Å². The highest BCUT2D eigenvalue weighted by atomic mass is 32.1. The molecule has 4 heteroatoms. The normalized spacial score (nSPS) is 11.9. The summed E-state index contributed by atoms with van der Waals surface area (Å²) in [5.41, 5.74) is 10.1. The Balaban J connectivity index is 1.19. The van der Waals surface area contributed by atoms with Gasteiger partial charge in [-0.05, 0) is 52.9 Å². The summed E-state index contributed by atoms with van der Waals surface area (Å²) in [6, 6.07) is 54.1. The van der Waals surface area contributed by atoms with Crippen molar-refractivity contribution >= 4 is 69.7 Å². The lowest BCUT2D eigenvalue weighted by Crippen LogP contribution is -1.95. The van der Waals surface area contributed by atoms with Gasteiger partial charge in [0, 0.05) is 37.4 Å². The molecule has 6 aromatic carbocycles. The van der Waals surface area contributed by atoms with Crippen LogP contribution < -0.4 is 0 Å². The Bertz CT molecular complexity index is 2810. The van der Waals surface area contributed by atoms with Crippen molar-refractivity contribution in [2.75, 3.05) is 0 Å². The molecule has 0 saturated carbocycles. The summed E-state index contributed by atoms with van der Waals surface area (Å²) in [6.07, 6.45) is 0. The number of aromatic nitrogens is 3. The Morgan fingerprint density at radius 2 is 1.11 bits per heavy atom. The van der Waals surface area contributed by atoms with Crippen LogP contribution in [0, 0.1) is 0 Å². The molecule has 10 aromatic rings. The fourth-order valence-corrected chi connectivity index (χ4v) is 8.19. The number of fused-ring (bicyclic) bond motifs is 11. The van der Waals surface area contributed by atoms with Crippen LogP contribution in [0.4, 0.5) is 0 Å². The molecule has 214 valence electrons. The number of hydrogen-bond donors (Lipinski definition) is 0. The van der Waals surface area contributed by atoms with Crippen LogP contribution in [0.15, 0.2) is 152 Å². The molecule has 0 spiro atoms. The van der Waals surface area contributed by atoms with Crippen molar-refractivity contribution in [2.24, 2.45) is 0 Å². The first-order valence-electron chi connectivity index (χ1n) is 15.5. The van der Waals surface area contributed by atoms with E-state index in [1.807, 2.05) is 23.5 Å². The second-order valence-electron chi connectivity index (χ2n) is 11.8. The lowest BCUT2D eigenvalue weighted by Gasteiger charge is -2.13. The maximum Gasteiger partial charge on any atom is 0.160 e. The van der Waals surface area contributed by atoms with Gasteiger partial charge in [0.1, 0.15) is 0 Å². The van der Waals surface area contributed by atoms with E-state index in [2.05, 4.69) is 144 Å². The van der Waals surface area contributed by atoms with E-state index >= 15 is 0 Å². The van der Waals surface area contributed by atoms with E-state index in [0.29, 0.717) is 0 Å². The zero-order chi connectivity index (χ0) is 30.2. The van der Waals surface area contributed by atoms with Gasteiger partial charge in [0.15, 0.2) is 5.82 Å². The predicted molar refractivity (Wildman–Crippen MR) is 195 cm³/mol. The summed E-state index contributed by atoms with van der Waals surface area (Å²) >= 11 is 1.87. The molecule has 46 heavy (non-hydrogen) atoms. The Labute approximate surface area is 268 Å². The average Bonchev–Trinajstić information content (AvgIpc) is 3.68. The topological polar surface area (TPSA) is 30.2 Å². The highest BCUT2D eigenvalue weighted by Crippen LogP contribution is 2.42. The van der Waals surface area contributed by atoms with Crippen LogP contribution in [0.25, 0.3) is 92.2 Å². The number of nitrogens with zero attached hydrogens (tertiary/aromatic N) is 3. The van der Waals surface area contributed by atoms with Crippen molar-refractivity contribution in [1.29, 1.82) is 0 Å². The number of hydrogen-bond acceptors (Lipinski definition) is 3. The molecule has 0 radical (unpaired) electrons. The smallest absolute Gasteiger partial charge is 0.160 e. The van der Waals surface area contributed by atoms with E-state index in [4.69, 9.17) is 9.97 Å². The minimum Gasteiger partial charge on any atom is -0.307 e. The molecule has 0 aliphatic rings. The second-order valence-corrected chi connectivity index (χ2v) is 12.9. The molecule has 0 fully saturated rings. The van der Waals surface area contributed by atoms with Crippen molar-refractivity contribution in [3.05, 3.63) is 152 Å². The van der Waals surface area contributed by atoms with E-state index in [1.165, 1.54) is 53.1 Å².